The number of nitrogens with one attached hydrogen (secondary N) is 1. The minimum Gasteiger partial charge on any atom is -0.347 e. The molecule has 0 fully saturated rings. The number of carbonyl (C=O) groups excluding carboxylic acids is 1. The second kappa shape index (κ2) is 10.2. The van der Waals surface area contributed by atoms with E-state index >= 15 is 0 Å². The monoisotopic (exact) mass is 520 g/mol. The van der Waals surface area contributed by atoms with Crippen LogP contribution in [0.2, 0.25) is 0 Å². The van der Waals surface area contributed by atoms with Gasteiger partial charge in [-0.15, -0.1) is 0 Å². The van der Waals surface area contributed by atoms with Gasteiger partial charge in [0, 0.05) is 46.7 Å². The molecular weight excluding hydrogens is 496 g/mol. The number of rotatable bonds is 4. The molecule has 0 radical (unpaired) electrons. The first-order valence-electron chi connectivity index (χ1n) is 12.9. The van der Waals surface area contributed by atoms with Crippen LogP contribution >= 0.6 is 0 Å². The smallest absolute Gasteiger partial charge is 0.255 e. The lowest BCUT2D eigenvalue weighted by molar-refractivity contribution is 0.102. The predicted octanol–water partition coefficient (Wildman–Crippen LogP) is 6.20. The number of hydrogen-bond acceptors (Lipinski definition) is 4. The number of benzene rings is 3. The number of hydrogen-bond donors (Lipinski definition) is 1. The predicted molar refractivity (Wildman–Crippen MR) is 156 cm³/mol. The van der Waals surface area contributed by atoms with Crippen molar-refractivity contribution in [2.24, 2.45) is 0 Å². The van der Waals surface area contributed by atoms with E-state index in [0.29, 0.717) is 22.5 Å². The Bertz CT molecular complexity index is 2030. The van der Waals surface area contributed by atoms with E-state index < -0.39 is 0 Å². The molecule has 7 heteroatoms. The molecule has 1 amide bonds. The van der Waals surface area contributed by atoms with E-state index in [2.05, 4.69) is 51.0 Å². The standard InChI is InChI=1S/C33H24N6O/c1-3-38-21-30(25-7-4-6-23(16-25)19-34)29-14-12-27(18-31(29)38)37-33(40)26-10-9-22(2)24(17-26)11-13-28-20-35-32-8-5-15-36-39(28)32/h4-10,12,14-18,20-21H,3H2,1-2H3,(H,37,40). The van der Waals surface area contributed by atoms with E-state index in [0.717, 1.165) is 45.3 Å². The summed E-state index contributed by atoms with van der Waals surface area (Å²) >= 11 is 0. The van der Waals surface area contributed by atoms with Gasteiger partial charge in [0.25, 0.3) is 5.91 Å². The number of carbonyl (C=O) groups is 1. The lowest BCUT2D eigenvalue weighted by Gasteiger charge is -2.09. The van der Waals surface area contributed by atoms with Gasteiger partial charge in [-0.25, -0.2) is 9.50 Å². The molecule has 3 aromatic heterocycles. The van der Waals surface area contributed by atoms with Crippen LogP contribution in [0.1, 0.15) is 39.7 Å². The number of aromatic nitrogens is 4. The Balaban J connectivity index is 1.28. The Morgan fingerprint density at radius 3 is 2.77 bits per heavy atom. The average Bonchev–Trinajstić information content (AvgIpc) is 3.57. The largest absolute Gasteiger partial charge is 0.347 e. The van der Waals surface area contributed by atoms with Gasteiger partial charge in [-0.1, -0.05) is 30.2 Å². The van der Waals surface area contributed by atoms with Crippen LogP contribution in [0.3, 0.4) is 0 Å². The first-order chi connectivity index (χ1) is 19.5. The van der Waals surface area contributed by atoms with Gasteiger partial charge in [0.05, 0.1) is 23.3 Å². The van der Waals surface area contributed by atoms with Crippen molar-refractivity contribution in [3.8, 4) is 29.0 Å². The lowest BCUT2D eigenvalue weighted by atomic mass is 10.0. The molecule has 0 bridgehead atoms. The molecule has 6 aromatic rings. The van der Waals surface area contributed by atoms with E-state index in [-0.39, 0.29) is 5.91 Å². The van der Waals surface area contributed by atoms with Crippen LogP contribution in [0.25, 0.3) is 27.7 Å². The minimum absolute atomic E-state index is 0.213. The first kappa shape index (κ1) is 24.7. The van der Waals surface area contributed by atoms with Gasteiger partial charge in [0.1, 0.15) is 5.69 Å². The van der Waals surface area contributed by atoms with Crippen LogP contribution in [0.5, 0.6) is 0 Å². The molecule has 0 saturated carbocycles. The highest BCUT2D eigenvalue weighted by Gasteiger charge is 2.13. The molecule has 6 rings (SSSR count). The highest BCUT2D eigenvalue weighted by atomic mass is 16.1. The third kappa shape index (κ3) is 4.57. The van der Waals surface area contributed by atoms with E-state index in [4.69, 9.17) is 0 Å². The van der Waals surface area contributed by atoms with Gasteiger partial charge < -0.3 is 9.88 Å². The number of nitrogens with zero attached hydrogens (tertiary/aromatic N) is 5. The molecule has 0 spiro atoms. The van der Waals surface area contributed by atoms with Crippen LogP contribution in [0.4, 0.5) is 5.69 Å². The maximum absolute atomic E-state index is 13.3. The highest BCUT2D eigenvalue weighted by Crippen LogP contribution is 2.33. The maximum Gasteiger partial charge on any atom is 0.255 e. The van der Waals surface area contributed by atoms with Crippen molar-refractivity contribution in [2.75, 3.05) is 5.32 Å². The Hall–Kier alpha value is -5.66. The molecule has 0 atom stereocenters. The minimum atomic E-state index is -0.213. The van der Waals surface area contributed by atoms with Gasteiger partial charge in [-0.2, -0.15) is 10.4 Å². The molecule has 0 aliphatic heterocycles. The van der Waals surface area contributed by atoms with Gasteiger partial charge >= 0.3 is 0 Å². The number of amides is 1. The second-order valence-electron chi connectivity index (χ2n) is 9.42. The van der Waals surface area contributed by atoms with Crippen molar-refractivity contribution in [3.63, 3.8) is 0 Å². The van der Waals surface area contributed by atoms with Crippen LogP contribution in [0.15, 0.2) is 91.4 Å². The summed E-state index contributed by atoms with van der Waals surface area (Å²) in [5.74, 6) is 6.10. The zero-order valence-electron chi connectivity index (χ0n) is 22.0. The molecule has 192 valence electrons. The quantitative estimate of drug-likeness (QED) is 0.280. The van der Waals surface area contributed by atoms with Crippen molar-refractivity contribution >= 4 is 28.1 Å². The molecular formula is C33H24N6O. The molecule has 3 aromatic carbocycles. The van der Waals surface area contributed by atoms with E-state index in [9.17, 15) is 10.1 Å². The van der Waals surface area contributed by atoms with Crippen LogP contribution < -0.4 is 5.32 Å². The molecule has 0 unspecified atom stereocenters. The second-order valence-corrected chi connectivity index (χ2v) is 9.42. The van der Waals surface area contributed by atoms with Crippen molar-refractivity contribution in [1.82, 2.24) is 19.2 Å². The summed E-state index contributed by atoms with van der Waals surface area (Å²) in [5, 5.41) is 17.7. The highest BCUT2D eigenvalue weighted by molar-refractivity contribution is 6.06. The van der Waals surface area contributed by atoms with Crippen molar-refractivity contribution in [2.45, 2.75) is 20.4 Å². The zero-order valence-corrected chi connectivity index (χ0v) is 22.0. The summed E-state index contributed by atoms with van der Waals surface area (Å²) in [6, 6.07) is 24.9. The van der Waals surface area contributed by atoms with Crippen molar-refractivity contribution < 1.29 is 4.79 Å². The fraction of sp³-hybridized carbons (Fsp3) is 0.0909. The fourth-order valence-corrected chi connectivity index (χ4v) is 4.76. The third-order valence-corrected chi connectivity index (χ3v) is 6.89. The van der Waals surface area contributed by atoms with Gasteiger partial charge in [0.2, 0.25) is 0 Å². The SMILES string of the molecule is CCn1cc(-c2cccc(C#N)c2)c2ccc(NC(=O)c3ccc(C)c(C#Cc4cnc5cccnn45)c3)cc21. The summed E-state index contributed by atoms with van der Waals surface area (Å²) in [6.07, 6.45) is 5.48. The summed E-state index contributed by atoms with van der Waals surface area (Å²) < 4.78 is 3.83. The number of fused-ring (bicyclic) bond motifs is 2. The summed E-state index contributed by atoms with van der Waals surface area (Å²) in [7, 11) is 0. The van der Waals surface area contributed by atoms with Crippen LogP contribution in [-0.2, 0) is 6.54 Å². The topological polar surface area (TPSA) is 88.0 Å². The zero-order chi connectivity index (χ0) is 27.6. The van der Waals surface area contributed by atoms with Crippen LogP contribution in [-0.4, -0.2) is 25.1 Å². The molecule has 0 aliphatic rings. The molecule has 1 N–H and O–H groups in total. The molecule has 0 saturated heterocycles. The Morgan fingerprint density at radius 2 is 1.93 bits per heavy atom. The Kier molecular flexibility index (Phi) is 6.32. The molecule has 3 heterocycles. The van der Waals surface area contributed by atoms with Crippen molar-refractivity contribution in [1.29, 1.82) is 5.26 Å². The number of nitriles is 1. The van der Waals surface area contributed by atoms with Gasteiger partial charge in [-0.3, -0.25) is 4.79 Å². The van der Waals surface area contributed by atoms with E-state index in [1.54, 1.807) is 29.0 Å². The van der Waals surface area contributed by atoms with Gasteiger partial charge in [-0.05, 0) is 79.4 Å². The van der Waals surface area contributed by atoms with Crippen LogP contribution in [0, 0.1) is 30.1 Å². The maximum atomic E-state index is 13.3. The molecule has 7 nitrogen and oxygen atoms in total. The number of aryl methyl sites for hydroxylation is 2. The lowest BCUT2D eigenvalue weighted by Crippen LogP contribution is -2.12. The fourth-order valence-electron chi connectivity index (χ4n) is 4.76. The van der Waals surface area contributed by atoms with E-state index in [1.165, 1.54) is 0 Å². The van der Waals surface area contributed by atoms with E-state index in [1.807, 2.05) is 67.6 Å². The third-order valence-electron chi connectivity index (χ3n) is 6.89. The normalized spacial score (nSPS) is 10.7. The first-order valence-corrected chi connectivity index (χ1v) is 12.9. The Labute approximate surface area is 231 Å². The summed E-state index contributed by atoms with van der Waals surface area (Å²) in [5.41, 5.74) is 8.03. The van der Waals surface area contributed by atoms with Crippen molar-refractivity contribution in [3.05, 3.63) is 119 Å². The Morgan fingerprint density at radius 1 is 1.02 bits per heavy atom. The summed E-state index contributed by atoms with van der Waals surface area (Å²) in [4.78, 5) is 17.6. The number of imidazole rings is 1. The summed E-state index contributed by atoms with van der Waals surface area (Å²) in [6.45, 7) is 4.82. The number of anilines is 1. The van der Waals surface area contributed by atoms with Gasteiger partial charge in [0.15, 0.2) is 5.65 Å². The molecule has 0 aliphatic carbocycles. The average molecular weight is 521 g/mol. The molecule has 40 heavy (non-hydrogen) atoms.